The van der Waals surface area contributed by atoms with Crippen LogP contribution in [0.5, 0.6) is 0 Å². The number of aryl methyl sites for hydroxylation is 2. The first-order chi connectivity index (χ1) is 17.6. The highest BCUT2D eigenvalue weighted by atomic mass is 32.2. The van der Waals surface area contributed by atoms with Gasteiger partial charge in [-0.1, -0.05) is 12.1 Å². The van der Waals surface area contributed by atoms with Crippen LogP contribution in [0.3, 0.4) is 0 Å². The summed E-state index contributed by atoms with van der Waals surface area (Å²) in [5.74, 6) is -1.94. The number of esters is 1. The number of ether oxygens (including phenoxy) is 1. The number of fused-ring (bicyclic) bond motifs is 2. The van der Waals surface area contributed by atoms with E-state index in [9.17, 15) is 36.6 Å². The zero-order valence-corrected chi connectivity index (χ0v) is 22.6. The maximum Gasteiger partial charge on any atom is 0.338 e. The van der Waals surface area contributed by atoms with E-state index in [1.807, 2.05) is 0 Å². The van der Waals surface area contributed by atoms with Crippen molar-refractivity contribution in [3.8, 4) is 0 Å². The standard InChI is InChI=1S/C12H15N3O4S.C12H14O5S/c1-6-4-8-9(16)2-3-20(18,19)10(8)5-7(6)11(17)15-12(13)14;1-7-5-9-10(13)3-4-18(15,16)11(9)6-8(7)12(14)17-2/h4-5,9,16H,2-3H2,1H3,(H4,13,14,15,17);5-6,10,13H,3-4H2,1-2H3. The van der Waals surface area contributed by atoms with Crippen molar-refractivity contribution in [1.29, 1.82) is 0 Å². The largest absolute Gasteiger partial charge is 0.465 e. The van der Waals surface area contributed by atoms with Crippen LogP contribution in [0.4, 0.5) is 0 Å². The molecule has 6 N–H and O–H groups in total. The second-order valence-electron chi connectivity index (χ2n) is 8.99. The number of amides is 1. The SMILES string of the molecule is COC(=O)c1cc2c(cc1C)C(O)CCS2(=O)=O.Cc1cc2c(cc1C(=O)N=C(N)N)S(=O)(=O)CCC2O. The maximum atomic E-state index is 12.0. The van der Waals surface area contributed by atoms with Crippen LogP contribution in [0, 0.1) is 13.8 Å². The molecule has 1 amide bonds. The van der Waals surface area contributed by atoms with Crippen LogP contribution < -0.4 is 11.5 Å². The summed E-state index contributed by atoms with van der Waals surface area (Å²) in [5.41, 5.74) is 12.4. The number of aliphatic imine (C=N–C) groups is 1. The Hall–Kier alpha value is -3.33. The Labute approximate surface area is 220 Å². The molecule has 0 saturated heterocycles. The summed E-state index contributed by atoms with van der Waals surface area (Å²) < 4.78 is 52.5. The number of methoxy groups -OCH3 is 1. The summed E-state index contributed by atoms with van der Waals surface area (Å²) in [6.07, 6.45) is -1.31. The number of benzene rings is 2. The molecule has 4 rings (SSSR count). The molecule has 0 bridgehead atoms. The van der Waals surface area contributed by atoms with Gasteiger partial charge in [0.1, 0.15) is 0 Å². The molecule has 0 spiro atoms. The molecule has 0 aliphatic carbocycles. The number of hydrogen-bond acceptors (Lipinski definition) is 9. The highest BCUT2D eigenvalue weighted by Gasteiger charge is 2.32. The summed E-state index contributed by atoms with van der Waals surface area (Å²) in [6.45, 7) is 3.31. The van der Waals surface area contributed by atoms with Gasteiger partial charge in [-0.25, -0.2) is 21.6 Å². The minimum absolute atomic E-state index is 0.0315. The van der Waals surface area contributed by atoms with E-state index >= 15 is 0 Å². The lowest BCUT2D eigenvalue weighted by atomic mass is 9.99. The molecule has 2 aromatic rings. The monoisotopic (exact) mass is 567 g/mol. The van der Waals surface area contributed by atoms with Crippen LogP contribution in [0.1, 0.15) is 68.0 Å². The number of nitrogens with zero attached hydrogens (tertiary/aromatic N) is 1. The first kappa shape index (κ1) is 29.2. The molecule has 2 aromatic carbocycles. The van der Waals surface area contributed by atoms with Gasteiger partial charge in [-0.05, 0) is 61.1 Å². The molecule has 0 aromatic heterocycles. The molecule has 14 heteroatoms. The summed E-state index contributed by atoms with van der Waals surface area (Å²) in [5, 5.41) is 19.7. The van der Waals surface area contributed by atoms with Crippen LogP contribution in [-0.2, 0) is 24.4 Å². The minimum Gasteiger partial charge on any atom is -0.465 e. The fourth-order valence-electron chi connectivity index (χ4n) is 4.28. The quantitative estimate of drug-likeness (QED) is 0.224. The number of hydrogen-bond donors (Lipinski definition) is 4. The van der Waals surface area contributed by atoms with Crippen LogP contribution in [-0.4, -0.2) is 63.5 Å². The zero-order valence-electron chi connectivity index (χ0n) is 21.0. The number of guanidine groups is 1. The number of carbonyl (C=O) groups is 2. The number of nitrogens with two attached hydrogens (primary N) is 2. The fraction of sp³-hybridized carbons (Fsp3) is 0.375. The third-order valence-electron chi connectivity index (χ3n) is 6.29. The molecular formula is C24H29N3O9S2. The van der Waals surface area contributed by atoms with Gasteiger partial charge in [-0.2, -0.15) is 4.99 Å². The van der Waals surface area contributed by atoms with Gasteiger partial charge in [0, 0.05) is 5.56 Å². The van der Waals surface area contributed by atoms with Crippen molar-refractivity contribution in [2.75, 3.05) is 18.6 Å². The van der Waals surface area contributed by atoms with Crippen molar-refractivity contribution in [3.63, 3.8) is 0 Å². The normalized spacial score (nSPS) is 20.6. The zero-order chi connectivity index (χ0) is 28.6. The number of sulfone groups is 2. The molecule has 2 aliphatic rings. The van der Waals surface area contributed by atoms with E-state index in [1.54, 1.807) is 19.9 Å². The Morgan fingerprint density at radius 1 is 0.842 bits per heavy atom. The molecule has 0 radical (unpaired) electrons. The summed E-state index contributed by atoms with van der Waals surface area (Å²) in [4.78, 5) is 26.8. The van der Waals surface area contributed by atoms with Gasteiger partial charge in [0.2, 0.25) is 0 Å². The first-order valence-electron chi connectivity index (χ1n) is 11.4. The lowest BCUT2D eigenvalue weighted by Gasteiger charge is -2.22. The van der Waals surface area contributed by atoms with Gasteiger partial charge in [-0.15, -0.1) is 0 Å². The van der Waals surface area contributed by atoms with Crippen molar-refractivity contribution in [2.45, 2.75) is 48.7 Å². The van der Waals surface area contributed by atoms with Crippen molar-refractivity contribution in [1.82, 2.24) is 0 Å². The Morgan fingerprint density at radius 3 is 1.68 bits per heavy atom. The molecule has 0 fully saturated rings. The van der Waals surface area contributed by atoms with Gasteiger partial charge < -0.3 is 26.4 Å². The van der Waals surface area contributed by atoms with Crippen molar-refractivity contribution in [3.05, 3.63) is 57.6 Å². The number of carbonyl (C=O) groups excluding carboxylic acids is 2. The van der Waals surface area contributed by atoms with Gasteiger partial charge in [0.25, 0.3) is 5.91 Å². The van der Waals surface area contributed by atoms with E-state index in [1.165, 1.54) is 25.3 Å². The van der Waals surface area contributed by atoms with Crippen molar-refractivity contribution < 1.29 is 41.4 Å². The highest BCUT2D eigenvalue weighted by Crippen LogP contribution is 2.35. The van der Waals surface area contributed by atoms with Gasteiger partial charge in [0.05, 0.1) is 46.2 Å². The highest BCUT2D eigenvalue weighted by molar-refractivity contribution is 7.91. The Bertz CT molecular complexity index is 1540. The number of aliphatic hydroxyl groups excluding tert-OH is 2. The maximum absolute atomic E-state index is 12.0. The average molecular weight is 568 g/mol. The van der Waals surface area contributed by atoms with Gasteiger partial charge in [-0.3, -0.25) is 4.79 Å². The second kappa shape index (κ2) is 10.8. The molecule has 2 aliphatic heterocycles. The van der Waals surface area contributed by atoms with E-state index in [0.717, 1.165) is 0 Å². The molecule has 12 nitrogen and oxygen atoms in total. The molecule has 0 saturated carbocycles. The first-order valence-corrected chi connectivity index (χ1v) is 14.7. The van der Waals surface area contributed by atoms with Crippen LogP contribution >= 0.6 is 0 Å². The van der Waals surface area contributed by atoms with Crippen LogP contribution in [0.15, 0.2) is 39.0 Å². The van der Waals surface area contributed by atoms with E-state index in [0.29, 0.717) is 22.3 Å². The molecular weight excluding hydrogens is 538 g/mol. The molecule has 2 atom stereocenters. The summed E-state index contributed by atoms with van der Waals surface area (Å²) >= 11 is 0. The van der Waals surface area contributed by atoms with Crippen LogP contribution in [0.2, 0.25) is 0 Å². The predicted molar refractivity (Wildman–Crippen MR) is 137 cm³/mol. The summed E-state index contributed by atoms with van der Waals surface area (Å²) in [6, 6.07) is 5.57. The Morgan fingerprint density at radius 2 is 1.26 bits per heavy atom. The van der Waals surface area contributed by atoms with Crippen molar-refractivity contribution in [2.24, 2.45) is 16.5 Å². The molecule has 38 heavy (non-hydrogen) atoms. The second-order valence-corrected chi connectivity index (χ2v) is 13.1. The van der Waals surface area contributed by atoms with Crippen LogP contribution in [0.25, 0.3) is 0 Å². The minimum atomic E-state index is -3.50. The lowest BCUT2D eigenvalue weighted by Crippen LogP contribution is -2.25. The fourth-order valence-corrected chi connectivity index (χ4v) is 7.49. The number of aliphatic hydroxyl groups is 2. The third kappa shape index (κ3) is 5.88. The van der Waals surface area contributed by atoms with E-state index < -0.39 is 49.7 Å². The van der Waals surface area contributed by atoms with Gasteiger partial charge in [0.15, 0.2) is 25.6 Å². The van der Waals surface area contributed by atoms with E-state index in [2.05, 4.69) is 9.73 Å². The topological polar surface area (TPSA) is 217 Å². The van der Waals surface area contributed by atoms with Gasteiger partial charge >= 0.3 is 5.97 Å². The smallest absolute Gasteiger partial charge is 0.338 e. The van der Waals surface area contributed by atoms with E-state index in [4.69, 9.17) is 11.5 Å². The summed E-state index contributed by atoms with van der Waals surface area (Å²) in [7, 11) is -5.68. The molecule has 206 valence electrons. The number of rotatable bonds is 2. The third-order valence-corrected chi connectivity index (χ3v) is 9.88. The Kier molecular flexibility index (Phi) is 8.31. The molecule has 2 unspecified atom stereocenters. The molecule has 2 heterocycles. The van der Waals surface area contributed by atoms with E-state index in [-0.39, 0.29) is 45.3 Å². The average Bonchev–Trinajstić information content (AvgIpc) is 2.83. The van der Waals surface area contributed by atoms with Crippen molar-refractivity contribution >= 4 is 37.5 Å². The predicted octanol–water partition coefficient (Wildman–Crippen LogP) is 0.612. The lowest BCUT2D eigenvalue weighted by molar-refractivity contribution is 0.0599. The Balaban J connectivity index is 0.000000212.